The van der Waals surface area contributed by atoms with Gasteiger partial charge in [0, 0.05) is 42.2 Å². The monoisotopic (exact) mass is 541 g/mol. The number of rotatable bonds is 12. The van der Waals surface area contributed by atoms with Gasteiger partial charge >= 0.3 is 0 Å². The number of nitrogens with two attached hydrogens (primary N) is 1. The third-order valence-corrected chi connectivity index (χ3v) is 8.59. The number of hydrogen-bond acceptors (Lipinski definition) is 7. The maximum Gasteiger partial charge on any atom is 0.178 e. The molecule has 40 heavy (non-hydrogen) atoms. The fourth-order valence-corrected chi connectivity index (χ4v) is 6.14. The second kappa shape index (κ2) is 14.4. The van der Waals surface area contributed by atoms with Crippen LogP contribution in [0.25, 0.3) is 5.70 Å². The Morgan fingerprint density at radius 2 is 2.10 bits per heavy atom. The predicted octanol–water partition coefficient (Wildman–Crippen LogP) is 6.46. The van der Waals surface area contributed by atoms with Crippen LogP contribution in [0.4, 0.5) is 0 Å². The Bertz CT molecular complexity index is 1230. The molecule has 0 aromatic carbocycles. The van der Waals surface area contributed by atoms with Crippen LogP contribution >= 0.6 is 0 Å². The van der Waals surface area contributed by atoms with E-state index in [0.717, 1.165) is 68.5 Å². The average Bonchev–Trinajstić information content (AvgIpc) is 3.63. The Morgan fingerprint density at radius 3 is 2.80 bits per heavy atom. The smallest absolute Gasteiger partial charge is 0.178 e. The number of aliphatic imine (C=N–C) groups is 2. The zero-order chi connectivity index (χ0) is 28.5. The molecule has 1 saturated carbocycles. The number of nitrogens with one attached hydrogen (secondary N) is 1. The largest absolute Gasteiger partial charge is 0.397 e. The molecular formula is C33H47N7. The van der Waals surface area contributed by atoms with Crippen molar-refractivity contribution in [1.82, 2.24) is 14.9 Å². The lowest BCUT2D eigenvalue weighted by Gasteiger charge is -2.28. The topological polar surface area (TPSA) is 104 Å². The molecule has 1 aromatic rings. The van der Waals surface area contributed by atoms with Crippen molar-refractivity contribution in [3.05, 3.63) is 64.9 Å². The minimum atomic E-state index is 0.344. The van der Waals surface area contributed by atoms with E-state index < -0.39 is 0 Å². The summed E-state index contributed by atoms with van der Waals surface area (Å²) in [5.41, 5.74) is 13.8. The first-order valence-corrected chi connectivity index (χ1v) is 15.1. The molecule has 2 fully saturated rings. The van der Waals surface area contributed by atoms with Crippen molar-refractivity contribution in [2.75, 3.05) is 20.1 Å². The van der Waals surface area contributed by atoms with Crippen molar-refractivity contribution >= 4 is 23.3 Å². The summed E-state index contributed by atoms with van der Waals surface area (Å²) in [6, 6.07) is 2.57. The van der Waals surface area contributed by atoms with Crippen LogP contribution in [0.1, 0.15) is 95.3 Å². The van der Waals surface area contributed by atoms with E-state index in [0.29, 0.717) is 41.4 Å². The van der Waals surface area contributed by atoms with E-state index in [1.165, 1.54) is 36.8 Å². The third kappa shape index (κ3) is 7.72. The van der Waals surface area contributed by atoms with Crippen molar-refractivity contribution in [2.24, 2.45) is 21.6 Å². The van der Waals surface area contributed by atoms with Crippen molar-refractivity contribution in [3.8, 4) is 0 Å². The highest BCUT2D eigenvalue weighted by molar-refractivity contribution is 6.08. The molecule has 0 radical (unpaired) electrons. The molecule has 0 spiro atoms. The molecule has 1 unspecified atom stereocenters. The van der Waals surface area contributed by atoms with Crippen LogP contribution in [0.5, 0.6) is 0 Å². The highest BCUT2D eigenvalue weighted by atomic mass is 15.1. The predicted molar refractivity (Wildman–Crippen MR) is 168 cm³/mol. The van der Waals surface area contributed by atoms with Crippen LogP contribution in [-0.4, -0.2) is 58.7 Å². The molecule has 0 amide bonds. The van der Waals surface area contributed by atoms with E-state index in [1.807, 2.05) is 18.3 Å². The molecule has 7 nitrogen and oxygen atoms in total. The SMILES string of the molecule is C=C1CCCC[C@@H]1/C(C)=C(\CCC)C(=N)c1nc(CCC2CCCN2C)cc(C(N)=CC=NCC2=NC=CC2)n1. The summed E-state index contributed by atoms with van der Waals surface area (Å²) in [5, 5.41) is 9.31. The standard InChI is InChI=1S/C33H47N7/c1-5-10-29(24(3)28-14-7-6-11-23(28)2)32(35)33-38-25(15-16-27-13-9-20-40(27)4)21-31(39-33)30(34)17-19-36-22-26-12-8-18-37-26/h8,17-19,21,27-28,35H,2,5-7,9-16,20,22,34H2,1,3-4H3/b29-24+,30-17?,35-32?,36-19?/t27?,28-/m0/s1. The van der Waals surface area contributed by atoms with Crippen LogP contribution < -0.4 is 5.73 Å². The van der Waals surface area contributed by atoms with Gasteiger partial charge in [0.25, 0.3) is 0 Å². The average molecular weight is 542 g/mol. The fourth-order valence-electron chi connectivity index (χ4n) is 6.14. The highest BCUT2D eigenvalue weighted by Crippen LogP contribution is 2.36. The molecule has 1 saturated heterocycles. The number of likely N-dealkylation sites (tertiary alicyclic amines) is 1. The van der Waals surface area contributed by atoms with Crippen LogP contribution in [0.3, 0.4) is 0 Å². The van der Waals surface area contributed by atoms with Gasteiger partial charge in [-0.3, -0.25) is 15.4 Å². The van der Waals surface area contributed by atoms with Crippen LogP contribution in [0.2, 0.25) is 0 Å². The number of aromatic nitrogens is 2. The van der Waals surface area contributed by atoms with E-state index in [9.17, 15) is 5.41 Å². The minimum absolute atomic E-state index is 0.344. The number of hydrogen-bond donors (Lipinski definition) is 2. The molecule has 3 N–H and O–H groups in total. The van der Waals surface area contributed by atoms with Gasteiger partial charge in [0.1, 0.15) is 5.71 Å². The third-order valence-electron chi connectivity index (χ3n) is 8.59. The van der Waals surface area contributed by atoms with E-state index in [2.05, 4.69) is 42.4 Å². The van der Waals surface area contributed by atoms with E-state index in [4.69, 9.17) is 15.7 Å². The maximum atomic E-state index is 9.31. The summed E-state index contributed by atoms with van der Waals surface area (Å²) in [6.07, 6.45) is 19.0. The van der Waals surface area contributed by atoms with Crippen LogP contribution in [0, 0.1) is 11.3 Å². The first-order valence-electron chi connectivity index (χ1n) is 15.1. The molecule has 2 aliphatic heterocycles. The van der Waals surface area contributed by atoms with E-state index >= 15 is 0 Å². The Hall–Kier alpha value is -3.19. The molecule has 7 heteroatoms. The van der Waals surface area contributed by atoms with Crippen molar-refractivity contribution in [1.29, 1.82) is 5.41 Å². The summed E-state index contributed by atoms with van der Waals surface area (Å²) in [6.45, 7) is 10.5. The Balaban J connectivity index is 1.63. The van der Waals surface area contributed by atoms with Gasteiger partial charge in [-0.05, 0) is 89.6 Å². The van der Waals surface area contributed by atoms with Gasteiger partial charge in [-0.2, -0.15) is 0 Å². The first-order chi connectivity index (χ1) is 19.4. The molecular weight excluding hydrogens is 494 g/mol. The molecule has 214 valence electrons. The Labute approximate surface area is 240 Å². The second-order valence-corrected chi connectivity index (χ2v) is 11.5. The van der Waals surface area contributed by atoms with Crippen molar-refractivity contribution < 1.29 is 0 Å². The normalized spacial score (nSPS) is 22.7. The fraction of sp³-hybridized carbons (Fsp3) is 0.545. The second-order valence-electron chi connectivity index (χ2n) is 11.5. The van der Waals surface area contributed by atoms with Gasteiger partial charge in [0.15, 0.2) is 5.82 Å². The van der Waals surface area contributed by atoms with Gasteiger partial charge in [-0.1, -0.05) is 43.6 Å². The zero-order valence-corrected chi connectivity index (χ0v) is 24.8. The summed E-state index contributed by atoms with van der Waals surface area (Å²) >= 11 is 0. The van der Waals surface area contributed by atoms with Crippen LogP contribution in [0.15, 0.2) is 57.7 Å². The lowest BCUT2D eigenvalue weighted by molar-refractivity contribution is 0.296. The van der Waals surface area contributed by atoms with E-state index in [-0.39, 0.29) is 0 Å². The summed E-state index contributed by atoms with van der Waals surface area (Å²) in [4.78, 5) is 21.0. The molecule has 1 aliphatic carbocycles. The first kappa shape index (κ1) is 29.8. The Kier molecular flexibility index (Phi) is 10.8. The summed E-state index contributed by atoms with van der Waals surface area (Å²) < 4.78 is 0. The van der Waals surface area contributed by atoms with E-state index in [1.54, 1.807) is 12.3 Å². The van der Waals surface area contributed by atoms with Crippen molar-refractivity contribution in [2.45, 2.75) is 90.5 Å². The lowest BCUT2D eigenvalue weighted by atomic mass is 9.78. The molecule has 3 heterocycles. The lowest BCUT2D eigenvalue weighted by Crippen LogP contribution is -2.25. The van der Waals surface area contributed by atoms with Gasteiger partial charge < -0.3 is 10.6 Å². The Morgan fingerprint density at radius 1 is 1.25 bits per heavy atom. The zero-order valence-electron chi connectivity index (χ0n) is 24.8. The quantitative estimate of drug-likeness (QED) is 0.234. The number of allylic oxidation sites excluding steroid dienone is 5. The van der Waals surface area contributed by atoms with Gasteiger partial charge in [-0.15, -0.1) is 0 Å². The minimum Gasteiger partial charge on any atom is -0.397 e. The van der Waals surface area contributed by atoms with Crippen LogP contribution in [-0.2, 0) is 6.42 Å². The number of aryl methyl sites for hydroxylation is 1. The van der Waals surface area contributed by atoms with Gasteiger partial charge in [0.2, 0.25) is 0 Å². The number of nitrogens with zero attached hydrogens (tertiary/aromatic N) is 5. The maximum absolute atomic E-state index is 9.31. The molecule has 3 aliphatic rings. The van der Waals surface area contributed by atoms with Gasteiger partial charge in [0.05, 0.1) is 17.9 Å². The summed E-state index contributed by atoms with van der Waals surface area (Å²) in [7, 11) is 2.21. The molecule has 4 rings (SSSR count). The van der Waals surface area contributed by atoms with Crippen molar-refractivity contribution in [3.63, 3.8) is 0 Å². The van der Waals surface area contributed by atoms with Gasteiger partial charge in [-0.25, -0.2) is 9.97 Å². The highest BCUT2D eigenvalue weighted by Gasteiger charge is 2.25. The summed E-state index contributed by atoms with van der Waals surface area (Å²) in [5.74, 6) is 0.813. The molecule has 2 atom stereocenters. The molecule has 0 bridgehead atoms. The molecule has 1 aromatic heterocycles.